The van der Waals surface area contributed by atoms with Gasteiger partial charge in [0.25, 0.3) is 11.9 Å². The SMILES string of the molecule is CCC1CCC(c2ccc(C(=O)Oc3cc(F)c(F)nc3F)cc2)CC1. The van der Waals surface area contributed by atoms with Crippen molar-refractivity contribution < 1.29 is 22.7 Å². The Hall–Kier alpha value is -2.37. The minimum Gasteiger partial charge on any atom is -0.418 e. The quantitative estimate of drug-likeness (QED) is 0.539. The van der Waals surface area contributed by atoms with Crippen molar-refractivity contribution in [2.24, 2.45) is 5.92 Å². The molecule has 0 saturated heterocycles. The monoisotopic (exact) mass is 363 g/mol. The lowest BCUT2D eigenvalue weighted by Gasteiger charge is -2.28. The number of hydrogen-bond donors (Lipinski definition) is 0. The second-order valence-corrected chi connectivity index (χ2v) is 6.69. The van der Waals surface area contributed by atoms with E-state index in [-0.39, 0.29) is 5.56 Å². The van der Waals surface area contributed by atoms with Crippen LogP contribution in [0.3, 0.4) is 0 Å². The van der Waals surface area contributed by atoms with E-state index in [1.54, 1.807) is 12.1 Å². The molecule has 1 aliphatic rings. The zero-order chi connectivity index (χ0) is 18.7. The van der Waals surface area contributed by atoms with E-state index in [2.05, 4.69) is 11.9 Å². The van der Waals surface area contributed by atoms with Crippen molar-refractivity contribution >= 4 is 5.97 Å². The van der Waals surface area contributed by atoms with Gasteiger partial charge in [-0.2, -0.15) is 13.8 Å². The molecule has 1 aliphatic carbocycles. The third-order valence-electron chi connectivity index (χ3n) is 5.10. The van der Waals surface area contributed by atoms with Crippen LogP contribution >= 0.6 is 0 Å². The molecule has 138 valence electrons. The van der Waals surface area contributed by atoms with E-state index in [0.29, 0.717) is 12.0 Å². The summed E-state index contributed by atoms with van der Waals surface area (Å²) >= 11 is 0. The second kappa shape index (κ2) is 7.89. The van der Waals surface area contributed by atoms with E-state index >= 15 is 0 Å². The number of carbonyl (C=O) groups excluding carboxylic acids is 1. The molecule has 0 amide bonds. The summed E-state index contributed by atoms with van der Waals surface area (Å²) in [4.78, 5) is 14.8. The summed E-state index contributed by atoms with van der Waals surface area (Å²) in [6.07, 6.45) is 5.91. The first-order valence-corrected chi connectivity index (χ1v) is 8.81. The van der Waals surface area contributed by atoms with E-state index in [1.807, 2.05) is 12.1 Å². The van der Waals surface area contributed by atoms with E-state index < -0.39 is 29.4 Å². The van der Waals surface area contributed by atoms with Crippen LogP contribution in [0.4, 0.5) is 13.2 Å². The third kappa shape index (κ3) is 4.06. The molecule has 1 saturated carbocycles. The molecule has 26 heavy (non-hydrogen) atoms. The minimum absolute atomic E-state index is 0.208. The smallest absolute Gasteiger partial charge is 0.343 e. The molecule has 0 bridgehead atoms. The van der Waals surface area contributed by atoms with Gasteiger partial charge in [0.05, 0.1) is 5.56 Å². The number of halogens is 3. The molecular weight excluding hydrogens is 343 g/mol. The fourth-order valence-corrected chi connectivity index (χ4v) is 3.45. The van der Waals surface area contributed by atoms with Crippen LogP contribution in [0.2, 0.25) is 0 Å². The summed E-state index contributed by atoms with van der Waals surface area (Å²) in [7, 11) is 0. The van der Waals surface area contributed by atoms with E-state index in [1.165, 1.54) is 19.3 Å². The lowest BCUT2D eigenvalue weighted by Crippen LogP contribution is -2.13. The van der Waals surface area contributed by atoms with E-state index in [9.17, 15) is 18.0 Å². The van der Waals surface area contributed by atoms with Gasteiger partial charge in [0.1, 0.15) is 0 Å². The van der Waals surface area contributed by atoms with Crippen LogP contribution in [0, 0.1) is 23.6 Å². The molecule has 0 unspecified atom stereocenters. The normalized spacial score (nSPS) is 20.0. The Labute approximate surface area is 150 Å². The average molecular weight is 363 g/mol. The molecule has 1 aromatic heterocycles. The largest absolute Gasteiger partial charge is 0.418 e. The predicted octanol–water partition coefficient (Wildman–Crippen LogP) is 5.40. The highest BCUT2D eigenvalue weighted by Gasteiger charge is 2.22. The fraction of sp³-hybridized carbons (Fsp3) is 0.400. The van der Waals surface area contributed by atoms with Gasteiger partial charge in [0.15, 0.2) is 11.6 Å². The van der Waals surface area contributed by atoms with Crippen LogP contribution in [0.25, 0.3) is 0 Å². The number of nitrogens with zero attached hydrogens (tertiary/aromatic N) is 1. The lowest BCUT2D eigenvalue weighted by molar-refractivity contribution is 0.0724. The second-order valence-electron chi connectivity index (χ2n) is 6.69. The van der Waals surface area contributed by atoms with Crippen LogP contribution < -0.4 is 4.74 Å². The number of rotatable bonds is 4. The molecule has 1 fully saturated rings. The van der Waals surface area contributed by atoms with Crippen LogP contribution in [0.5, 0.6) is 5.75 Å². The highest BCUT2D eigenvalue weighted by Crippen LogP contribution is 2.37. The highest BCUT2D eigenvalue weighted by atomic mass is 19.2. The molecule has 0 spiro atoms. The van der Waals surface area contributed by atoms with Crippen LogP contribution in [-0.4, -0.2) is 11.0 Å². The van der Waals surface area contributed by atoms with Crippen molar-refractivity contribution in [2.75, 3.05) is 0 Å². The molecular formula is C20H20F3NO2. The maximum absolute atomic E-state index is 13.5. The van der Waals surface area contributed by atoms with Gasteiger partial charge in [-0.05, 0) is 55.2 Å². The van der Waals surface area contributed by atoms with Crippen LogP contribution in [-0.2, 0) is 0 Å². The molecule has 0 aliphatic heterocycles. The third-order valence-corrected chi connectivity index (χ3v) is 5.10. The number of esters is 1. The summed E-state index contributed by atoms with van der Waals surface area (Å²) in [5.41, 5.74) is 1.37. The van der Waals surface area contributed by atoms with Crippen LogP contribution in [0.1, 0.15) is 60.9 Å². The van der Waals surface area contributed by atoms with Crippen molar-refractivity contribution in [3.05, 3.63) is 59.2 Å². The first-order valence-electron chi connectivity index (χ1n) is 8.81. The van der Waals surface area contributed by atoms with E-state index in [4.69, 9.17) is 4.74 Å². The van der Waals surface area contributed by atoms with Crippen molar-refractivity contribution in [1.82, 2.24) is 4.98 Å². The van der Waals surface area contributed by atoms with Crippen molar-refractivity contribution in [3.63, 3.8) is 0 Å². The number of ether oxygens (including phenoxy) is 1. The lowest BCUT2D eigenvalue weighted by atomic mass is 9.78. The van der Waals surface area contributed by atoms with Crippen molar-refractivity contribution in [1.29, 1.82) is 0 Å². The van der Waals surface area contributed by atoms with Gasteiger partial charge in [-0.25, -0.2) is 9.18 Å². The molecule has 0 radical (unpaired) electrons. The standard InChI is InChI=1S/C20H20F3NO2/c1-2-12-3-5-13(6-4-12)14-7-9-15(10-8-14)20(25)26-17-11-16(21)18(22)24-19(17)23/h7-13H,2-6H2,1H3. The Bertz CT molecular complexity index is 784. The summed E-state index contributed by atoms with van der Waals surface area (Å²) < 4.78 is 44.2. The molecule has 1 heterocycles. The van der Waals surface area contributed by atoms with Gasteiger partial charge in [0, 0.05) is 6.07 Å². The molecule has 2 aromatic rings. The van der Waals surface area contributed by atoms with Gasteiger partial charge in [-0.15, -0.1) is 0 Å². The zero-order valence-corrected chi connectivity index (χ0v) is 14.5. The van der Waals surface area contributed by atoms with Gasteiger partial charge in [0.2, 0.25) is 0 Å². The average Bonchev–Trinajstić information content (AvgIpc) is 2.66. The van der Waals surface area contributed by atoms with Crippen molar-refractivity contribution in [2.45, 2.75) is 44.9 Å². The van der Waals surface area contributed by atoms with Crippen molar-refractivity contribution in [3.8, 4) is 5.75 Å². The van der Waals surface area contributed by atoms with E-state index in [0.717, 1.165) is 24.3 Å². The van der Waals surface area contributed by atoms with Gasteiger partial charge < -0.3 is 4.74 Å². The topological polar surface area (TPSA) is 39.2 Å². The summed E-state index contributed by atoms with van der Waals surface area (Å²) in [6.45, 7) is 2.22. The maximum Gasteiger partial charge on any atom is 0.343 e. The Kier molecular flexibility index (Phi) is 5.59. The number of hydrogen-bond acceptors (Lipinski definition) is 3. The Morgan fingerprint density at radius 2 is 1.73 bits per heavy atom. The van der Waals surface area contributed by atoms with Gasteiger partial charge in [-0.1, -0.05) is 25.5 Å². The Morgan fingerprint density at radius 3 is 2.35 bits per heavy atom. The van der Waals surface area contributed by atoms with Gasteiger partial charge >= 0.3 is 5.97 Å². The highest BCUT2D eigenvalue weighted by molar-refractivity contribution is 5.91. The van der Waals surface area contributed by atoms with Crippen LogP contribution in [0.15, 0.2) is 30.3 Å². The Morgan fingerprint density at radius 1 is 1.08 bits per heavy atom. The molecule has 6 heteroatoms. The molecule has 3 rings (SSSR count). The fourth-order valence-electron chi connectivity index (χ4n) is 3.45. The minimum atomic E-state index is -1.58. The first kappa shape index (κ1) is 18.4. The predicted molar refractivity (Wildman–Crippen MR) is 90.5 cm³/mol. The number of aromatic nitrogens is 1. The Balaban J connectivity index is 1.67. The zero-order valence-electron chi connectivity index (χ0n) is 14.5. The summed E-state index contributed by atoms with van der Waals surface area (Å²) in [6, 6.07) is 7.42. The number of benzene rings is 1. The first-order chi connectivity index (χ1) is 12.5. The molecule has 3 nitrogen and oxygen atoms in total. The summed E-state index contributed by atoms with van der Waals surface area (Å²) in [5.74, 6) is -4.64. The summed E-state index contributed by atoms with van der Waals surface area (Å²) in [5, 5.41) is 0. The van der Waals surface area contributed by atoms with Gasteiger partial charge in [-0.3, -0.25) is 0 Å². The molecule has 1 aromatic carbocycles. The number of carbonyl (C=O) groups is 1. The maximum atomic E-state index is 13.5. The number of pyridine rings is 1. The molecule has 0 N–H and O–H groups in total. The molecule has 0 atom stereocenters.